The zero-order valence-electron chi connectivity index (χ0n) is 8.48. The summed E-state index contributed by atoms with van der Waals surface area (Å²) in [5.74, 6) is 0. The number of benzene rings is 1. The second-order valence-electron chi connectivity index (χ2n) is 2.74. The molecule has 0 amide bonds. The van der Waals surface area contributed by atoms with E-state index in [-0.39, 0.29) is 0 Å². The van der Waals surface area contributed by atoms with Crippen molar-refractivity contribution in [3.05, 3.63) is 48.0 Å². The molecule has 76 valence electrons. The van der Waals surface area contributed by atoms with E-state index in [1.807, 2.05) is 6.08 Å². The van der Waals surface area contributed by atoms with Gasteiger partial charge >= 0.3 is 0 Å². The Kier molecular flexibility index (Phi) is 7.31. The summed E-state index contributed by atoms with van der Waals surface area (Å²) in [5, 5.41) is 14.5. The summed E-state index contributed by atoms with van der Waals surface area (Å²) in [6.07, 6.45) is 2.84. The number of nitrogens with zero attached hydrogens (tertiary/aromatic N) is 2. The summed E-state index contributed by atoms with van der Waals surface area (Å²) >= 11 is 0. The molecule has 0 aliphatic rings. The molecule has 15 heavy (non-hydrogen) atoms. The van der Waals surface area contributed by atoms with Crippen molar-refractivity contribution < 1.29 is 0 Å². The molecule has 3 heteroatoms. The molecule has 0 atom stereocenters. The third kappa shape index (κ3) is 6.04. The van der Waals surface area contributed by atoms with Crippen LogP contribution in [0.3, 0.4) is 0 Å². The second-order valence-corrected chi connectivity index (χ2v) is 2.74. The van der Waals surface area contributed by atoms with Crippen LogP contribution in [-0.4, -0.2) is 0 Å². The molecular formula is C12H13N3. The van der Waals surface area contributed by atoms with Gasteiger partial charge in [-0.05, 0) is 17.5 Å². The van der Waals surface area contributed by atoms with Crippen LogP contribution in [-0.2, 0) is 13.0 Å². The smallest absolute Gasteiger partial charge is 0.181 e. The summed E-state index contributed by atoms with van der Waals surface area (Å²) < 4.78 is 0. The highest BCUT2D eigenvalue weighted by Gasteiger charge is 1.89. The Bertz CT molecular complexity index is 353. The highest BCUT2D eigenvalue weighted by atomic mass is 14.5. The van der Waals surface area contributed by atoms with E-state index in [2.05, 4.69) is 30.8 Å². The van der Waals surface area contributed by atoms with Gasteiger partial charge < -0.3 is 5.73 Å². The molecule has 0 heterocycles. The Morgan fingerprint density at radius 1 is 1.13 bits per heavy atom. The average molecular weight is 199 g/mol. The standard InChI is InChI=1S/C10H13N.C2N2/c1-2-3-9-4-6-10(8-11)7-5-9;3-1-2-4/h2,4-7H,1,3,8,11H2;. The molecule has 0 fully saturated rings. The van der Waals surface area contributed by atoms with Crippen LogP contribution >= 0.6 is 0 Å². The van der Waals surface area contributed by atoms with Crippen LogP contribution in [0.1, 0.15) is 11.1 Å². The van der Waals surface area contributed by atoms with Crippen molar-refractivity contribution in [1.82, 2.24) is 0 Å². The summed E-state index contributed by atoms with van der Waals surface area (Å²) in [6, 6.07) is 10.8. The number of hydrogen-bond donors (Lipinski definition) is 1. The maximum Gasteiger partial charge on any atom is 0.181 e. The molecule has 1 aromatic rings. The molecule has 1 rings (SSSR count). The molecule has 0 aromatic heterocycles. The fourth-order valence-electron chi connectivity index (χ4n) is 0.978. The molecular weight excluding hydrogens is 186 g/mol. The third-order valence-electron chi connectivity index (χ3n) is 1.69. The van der Waals surface area contributed by atoms with Crippen LogP contribution in [0.15, 0.2) is 36.9 Å². The van der Waals surface area contributed by atoms with Gasteiger partial charge in [-0.1, -0.05) is 30.3 Å². The highest BCUT2D eigenvalue weighted by molar-refractivity contribution is 5.23. The summed E-state index contributed by atoms with van der Waals surface area (Å²) in [6.45, 7) is 4.29. The Hall–Kier alpha value is -2.10. The van der Waals surface area contributed by atoms with Gasteiger partial charge in [-0.2, -0.15) is 10.5 Å². The van der Waals surface area contributed by atoms with Crippen LogP contribution in [0.25, 0.3) is 0 Å². The molecule has 0 bridgehead atoms. The molecule has 0 aliphatic heterocycles. The van der Waals surface area contributed by atoms with Gasteiger partial charge in [-0.25, -0.2) is 0 Å². The molecule has 0 spiro atoms. The number of nitriles is 2. The maximum absolute atomic E-state index is 7.26. The minimum atomic E-state index is 0.619. The molecule has 0 unspecified atom stereocenters. The van der Waals surface area contributed by atoms with Crippen molar-refractivity contribution in [2.75, 3.05) is 0 Å². The quantitative estimate of drug-likeness (QED) is 0.755. The molecule has 2 N–H and O–H groups in total. The normalized spacial score (nSPS) is 7.67. The SMILES string of the molecule is C=CCc1ccc(CN)cc1.N#CC#N. The van der Waals surface area contributed by atoms with Crippen LogP contribution in [0.5, 0.6) is 0 Å². The minimum Gasteiger partial charge on any atom is -0.326 e. The molecule has 1 aromatic carbocycles. The number of nitrogens with two attached hydrogens (primary N) is 1. The van der Waals surface area contributed by atoms with Gasteiger partial charge in [0.1, 0.15) is 0 Å². The molecule has 0 aliphatic carbocycles. The Balaban J connectivity index is 0.000000423. The van der Waals surface area contributed by atoms with Crippen LogP contribution in [0.4, 0.5) is 0 Å². The first-order chi connectivity index (χ1) is 7.28. The van der Waals surface area contributed by atoms with Crippen LogP contribution < -0.4 is 5.73 Å². The maximum atomic E-state index is 7.26. The Morgan fingerprint density at radius 3 is 1.93 bits per heavy atom. The van der Waals surface area contributed by atoms with Gasteiger partial charge in [-0.3, -0.25) is 0 Å². The van der Waals surface area contributed by atoms with E-state index in [4.69, 9.17) is 16.3 Å². The van der Waals surface area contributed by atoms with Crippen molar-refractivity contribution in [2.24, 2.45) is 5.73 Å². The fraction of sp³-hybridized carbons (Fsp3) is 0.167. The van der Waals surface area contributed by atoms with Gasteiger partial charge in [0.2, 0.25) is 0 Å². The largest absolute Gasteiger partial charge is 0.326 e. The van der Waals surface area contributed by atoms with Gasteiger partial charge in [0.05, 0.1) is 0 Å². The van der Waals surface area contributed by atoms with Gasteiger partial charge in [0.25, 0.3) is 0 Å². The lowest BCUT2D eigenvalue weighted by molar-refractivity contribution is 1.07. The van der Waals surface area contributed by atoms with Crippen LogP contribution in [0, 0.1) is 22.7 Å². The second kappa shape index (κ2) is 8.50. The van der Waals surface area contributed by atoms with E-state index < -0.39 is 0 Å². The first-order valence-electron chi connectivity index (χ1n) is 4.45. The van der Waals surface area contributed by atoms with Gasteiger partial charge in [-0.15, -0.1) is 6.58 Å². The zero-order valence-corrected chi connectivity index (χ0v) is 8.48. The molecule has 0 saturated carbocycles. The first kappa shape index (κ1) is 12.9. The topological polar surface area (TPSA) is 73.6 Å². The average Bonchev–Trinajstić information content (AvgIpc) is 2.31. The van der Waals surface area contributed by atoms with E-state index in [0.717, 1.165) is 6.42 Å². The van der Waals surface area contributed by atoms with Crippen molar-refractivity contribution in [2.45, 2.75) is 13.0 Å². The van der Waals surface area contributed by atoms with Crippen molar-refractivity contribution >= 4 is 0 Å². The van der Waals surface area contributed by atoms with Gasteiger partial charge in [0.15, 0.2) is 12.1 Å². The van der Waals surface area contributed by atoms with E-state index in [1.165, 1.54) is 23.3 Å². The highest BCUT2D eigenvalue weighted by Crippen LogP contribution is 2.04. The Labute approximate surface area is 90.1 Å². The van der Waals surface area contributed by atoms with E-state index in [0.29, 0.717) is 6.54 Å². The van der Waals surface area contributed by atoms with E-state index >= 15 is 0 Å². The number of rotatable bonds is 3. The van der Waals surface area contributed by atoms with E-state index in [9.17, 15) is 0 Å². The Morgan fingerprint density at radius 2 is 1.60 bits per heavy atom. The third-order valence-corrected chi connectivity index (χ3v) is 1.69. The van der Waals surface area contributed by atoms with E-state index in [1.54, 1.807) is 0 Å². The zero-order chi connectivity index (χ0) is 11.5. The van der Waals surface area contributed by atoms with Gasteiger partial charge in [0, 0.05) is 6.54 Å². The summed E-state index contributed by atoms with van der Waals surface area (Å²) in [7, 11) is 0. The lowest BCUT2D eigenvalue weighted by Crippen LogP contribution is -1.95. The summed E-state index contributed by atoms with van der Waals surface area (Å²) in [4.78, 5) is 0. The molecule has 3 nitrogen and oxygen atoms in total. The molecule has 0 radical (unpaired) electrons. The monoisotopic (exact) mass is 199 g/mol. The van der Waals surface area contributed by atoms with Crippen molar-refractivity contribution in [3.63, 3.8) is 0 Å². The minimum absolute atomic E-state index is 0.619. The predicted molar refractivity (Wildman–Crippen MR) is 59.5 cm³/mol. The predicted octanol–water partition coefficient (Wildman–Crippen LogP) is 1.91. The van der Waals surface area contributed by atoms with Crippen LogP contribution in [0.2, 0.25) is 0 Å². The number of hydrogen-bond acceptors (Lipinski definition) is 3. The number of allylic oxidation sites excluding steroid dienone is 1. The first-order valence-corrected chi connectivity index (χ1v) is 4.45. The molecule has 0 saturated heterocycles. The summed E-state index contributed by atoms with van der Waals surface area (Å²) in [5.41, 5.74) is 7.92. The van der Waals surface area contributed by atoms with Crippen molar-refractivity contribution in [1.29, 1.82) is 10.5 Å². The van der Waals surface area contributed by atoms with Crippen molar-refractivity contribution in [3.8, 4) is 12.1 Å². The fourth-order valence-corrected chi connectivity index (χ4v) is 0.978. The lowest BCUT2D eigenvalue weighted by atomic mass is 10.1. The lowest BCUT2D eigenvalue weighted by Gasteiger charge is -1.98.